The number of urea groups is 1. The van der Waals surface area contributed by atoms with Crippen molar-refractivity contribution < 1.29 is 19.1 Å². The molecule has 8 nitrogen and oxygen atoms in total. The first-order chi connectivity index (χ1) is 15.0. The fraction of sp³-hybridized carbons (Fsp3) is 0.261. The molecule has 8 heteroatoms. The summed E-state index contributed by atoms with van der Waals surface area (Å²) in [5, 5.41) is 9.93. The summed E-state index contributed by atoms with van der Waals surface area (Å²) in [5.74, 6) is 0.487. The van der Waals surface area contributed by atoms with Gasteiger partial charge in [0.25, 0.3) is 0 Å². The lowest BCUT2D eigenvalue weighted by Crippen LogP contribution is -2.37. The Labute approximate surface area is 180 Å². The van der Waals surface area contributed by atoms with Crippen molar-refractivity contribution in [3.8, 4) is 11.4 Å². The van der Waals surface area contributed by atoms with E-state index in [0.717, 1.165) is 23.4 Å². The van der Waals surface area contributed by atoms with Crippen molar-refractivity contribution in [2.45, 2.75) is 26.4 Å². The average Bonchev–Trinajstić information content (AvgIpc) is 3.36. The number of para-hydroxylation sites is 1. The molecule has 2 heterocycles. The average molecular weight is 420 g/mol. The maximum atomic E-state index is 12.2. The maximum absolute atomic E-state index is 12.2. The van der Waals surface area contributed by atoms with Crippen LogP contribution in [-0.2, 0) is 11.2 Å². The molecule has 3 aromatic rings. The van der Waals surface area contributed by atoms with Crippen LogP contribution in [0, 0.1) is 6.92 Å². The lowest BCUT2D eigenvalue weighted by molar-refractivity contribution is 0.0525. The molecule has 1 atom stereocenters. The third kappa shape index (κ3) is 4.53. The molecule has 2 aromatic carbocycles. The van der Waals surface area contributed by atoms with Gasteiger partial charge in [-0.2, -0.15) is 5.10 Å². The second-order valence-corrected chi connectivity index (χ2v) is 7.21. The largest absolute Gasteiger partial charge is 0.488 e. The molecule has 1 unspecified atom stereocenters. The number of ether oxygens (including phenoxy) is 2. The Morgan fingerprint density at radius 1 is 1.19 bits per heavy atom. The van der Waals surface area contributed by atoms with Crippen molar-refractivity contribution in [2.75, 3.05) is 18.5 Å². The number of fused-ring (bicyclic) bond motifs is 1. The van der Waals surface area contributed by atoms with Gasteiger partial charge < -0.3 is 20.1 Å². The van der Waals surface area contributed by atoms with Gasteiger partial charge in [-0.25, -0.2) is 14.3 Å². The van der Waals surface area contributed by atoms with Gasteiger partial charge in [0.15, 0.2) is 0 Å². The summed E-state index contributed by atoms with van der Waals surface area (Å²) in [6.45, 7) is 4.30. The highest BCUT2D eigenvalue weighted by Gasteiger charge is 2.22. The number of carbonyl (C=O) groups excluding carboxylic acids is 2. The molecule has 0 bridgehead atoms. The number of benzene rings is 2. The van der Waals surface area contributed by atoms with Crippen LogP contribution in [0.25, 0.3) is 5.69 Å². The second-order valence-electron chi connectivity index (χ2n) is 7.21. The number of nitrogens with zero attached hydrogens (tertiary/aromatic N) is 2. The summed E-state index contributed by atoms with van der Waals surface area (Å²) in [5.41, 5.74) is 3.70. The smallest absolute Gasteiger partial charge is 0.341 e. The van der Waals surface area contributed by atoms with Crippen LogP contribution in [0.15, 0.2) is 54.7 Å². The highest BCUT2D eigenvalue weighted by Crippen LogP contribution is 2.27. The Kier molecular flexibility index (Phi) is 5.88. The van der Waals surface area contributed by atoms with Gasteiger partial charge in [0, 0.05) is 12.1 Å². The first-order valence-electron chi connectivity index (χ1n) is 10.2. The van der Waals surface area contributed by atoms with Gasteiger partial charge >= 0.3 is 12.0 Å². The molecule has 4 rings (SSSR count). The molecular weight excluding hydrogens is 396 g/mol. The molecule has 2 amide bonds. The summed E-state index contributed by atoms with van der Waals surface area (Å²) < 4.78 is 12.5. The third-order valence-corrected chi connectivity index (χ3v) is 5.08. The van der Waals surface area contributed by atoms with Crippen molar-refractivity contribution >= 4 is 17.7 Å². The molecular formula is C23H24N4O4. The minimum absolute atomic E-state index is 0.0677. The van der Waals surface area contributed by atoms with Gasteiger partial charge in [0.1, 0.15) is 17.4 Å². The van der Waals surface area contributed by atoms with Crippen LogP contribution in [-0.4, -0.2) is 41.0 Å². The molecule has 0 radical (unpaired) electrons. The van der Waals surface area contributed by atoms with Crippen molar-refractivity contribution in [3.63, 3.8) is 0 Å². The van der Waals surface area contributed by atoms with Crippen LogP contribution in [0.2, 0.25) is 0 Å². The normalized spacial score (nSPS) is 14.5. The molecule has 0 fully saturated rings. The number of hydrogen-bond donors (Lipinski definition) is 2. The number of rotatable bonds is 6. The molecule has 1 aliphatic rings. The van der Waals surface area contributed by atoms with Gasteiger partial charge in [-0.15, -0.1) is 0 Å². The van der Waals surface area contributed by atoms with Crippen LogP contribution in [0.4, 0.5) is 10.5 Å². The van der Waals surface area contributed by atoms with Gasteiger partial charge in [-0.1, -0.05) is 18.2 Å². The van der Waals surface area contributed by atoms with E-state index in [2.05, 4.69) is 15.7 Å². The zero-order valence-corrected chi connectivity index (χ0v) is 17.4. The van der Waals surface area contributed by atoms with E-state index >= 15 is 0 Å². The number of esters is 1. The molecule has 160 valence electrons. The monoisotopic (exact) mass is 420 g/mol. The van der Waals surface area contributed by atoms with E-state index in [4.69, 9.17) is 9.47 Å². The molecule has 0 aliphatic carbocycles. The molecule has 1 aliphatic heterocycles. The molecule has 0 spiro atoms. The van der Waals surface area contributed by atoms with Gasteiger partial charge in [0.05, 0.1) is 30.7 Å². The van der Waals surface area contributed by atoms with Crippen LogP contribution in [0.5, 0.6) is 5.75 Å². The van der Waals surface area contributed by atoms with Crippen LogP contribution in [0.1, 0.15) is 28.5 Å². The molecule has 1 aromatic heterocycles. The predicted molar refractivity (Wildman–Crippen MR) is 116 cm³/mol. The Balaban J connectivity index is 1.32. The lowest BCUT2D eigenvalue weighted by atomic mass is 10.1. The Morgan fingerprint density at radius 2 is 1.97 bits per heavy atom. The quantitative estimate of drug-likeness (QED) is 0.596. The lowest BCUT2D eigenvalue weighted by Gasteiger charge is -2.13. The van der Waals surface area contributed by atoms with Crippen molar-refractivity contribution in [2.24, 2.45) is 0 Å². The van der Waals surface area contributed by atoms with Gasteiger partial charge in [-0.3, -0.25) is 0 Å². The summed E-state index contributed by atoms with van der Waals surface area (Å²) in [4.78, 5) is 24.2. The van der Waals surface area contributed by atoms with Gasteiger partial charge in [0.2, 0.25) is 0 Å². The predicted octanol–water partition coefficient (Wildman–Crippen LogP) is 3.48. The number of aromatic nitrogens is 2. The van der Waals surface area contributed by atoms with Gasteiger partial charge in [-0.05, 0) is 49.7 Å². The Hall–Kier alpha value is -3.81. The maximum Gasteiger partial charge on any atom is 0.341 e. The first kappa shape index (κ1) is 20.5. The van der Waals surface area contributed by atoms with E-state index in [1.807, 2.05) is 43.3 Å². The van der Waals surface area contributed by atoms with E-state index in [9.17, 15) is 9.59 Å². The molecule has 0 saturated carbocycles. The van der Waals surface area contributed by atoms with Crippen LogP contribution < -0.4 is 15.4 Å². The highest BCUT2D eigenvalue weighted by atomic mass is 16.5. The second kappa shape index (κ2) is 8.91. The van der Waals surface area contributed by atoms with E-state index < -0.39 is 5.97 Å². The minimum Gasteiger partial charge on any atom is -0.488 e. The number of nitrogens with one attached hydrogen (secondary N) is 2. The topological polar surface area (TPSA) is 94.5 Å². The fourth-order valence-electron chi connectivity index (χ4n) is 3.51. The number of amides is 2. The standard InChI is InChI=1S/C23H24N4O4/c1-3-30-22(28)20-14-25-27(15(20)2)18-10-8-17(9-11-18)26-23(29)24-13-19-12-16-6-4-5-7-21(16)31-19/h4-11,14,19H,3,12-13H2,1-2H3,(H2,24,26,29). The van der Waals surface area contributed by atoms with Crippen molar-refractivity contribution in [3.05, 3.63) is 71.5 Å². The zero-order valence-electron chi connectivity index (χ0n) is 17.4. The van der Waals surface area contributed by atoms with E-state index in [0.29, 0.717) is 30.1 Å². The van der Waals surface area contributed by atoms with E-state index in [1.165, 1.54) is 6.20 Å². The van der Waals surface area contributed by atoms with Crippen LogP contribution in [0.3, 0.4) is 0 Å². The number of hydrogen-bond acceptors (Lipinski definition) is 5. The third-order valence-electron chi connectivity index (χ3n) is 5.08. The van der Waals surface area contributed by atoms with E-state index in [-0.39, 0.29) is 12.1 Å². The Morgan fingerprint density at radius 3 is 2.71 bits per heavy atom. The summed E-state index contributed by atoms with van der Waals surface area (Å²) >= 11 is 0. The zero-order chi connectivity index (χ0) is 21.8. The number of carbonyl (C=O) groups is 2. The highest BCUT2D eigenvalue weighted by molar-refractivity contribution is 5.90. The fourth-order valence-corrected chi connectivity index (χ4v) is 3.51. The molecule has 31 heavy (non-hydrogen) atoms. The first-order valence-corrected chi connectivity index (χ1v) is 10.2. The summed E-state index contributed by atoms with van der Waals surface area (Å²) in [7, 11) is 0. The van der Waals surface area contributed by atoms with E-state index in [1.54, 1.807) is 23.7 Å². The Bertz CT molecular complexity index is 1070. The summed E-state index contributed by atoms with van der Waals surface area (Å²) in [6.07, 6.45) is 2.21. The van der Waals surface area contributed by atoms with Crippen LogP contribution >= 0.6 is 0 Å². The van der Waals surface area contributed by atoms with Crippen molar-refractivity contribution in [1.82, 2.24) is 15.1 Å². The summed E-state index contributed by atoms with van der Waals surface area (Å²) in [6, 6.07) is 14.8. The SMILES string of the molecule is CCOC(=O)c1cnn(-c2ccc(NC(=O)NCC3Cc4ccccc4O3)cc2)c1C. The van der Waals surface area contributed by atoms with Crippen molar-refractivity contribution in [1.29, 1.82) is 0 Å². The minimum atomic E-state index is -0.393. The number of anilines is 1. The molecule has 0 saturated heterocycles. The molecule has 2 N–H and O–H groups in total.